The lowest BCUT2D eigenvalue weighted by Crippen LogP contribution is -2.22. The highest BCUT2D eigenvalue weighted by atomic mass is 19.1. The summed E-state index contributed by atoms with van der Waals surface area (Å²) in [6, 6.07) is 16.2. The Morgan fingerprint density at radius 3 is 2.39 bits per heavy atom. The average Bonchev–Trinajstić information content (AvgIpc) is 2.69. The third kappa shape index (κ3) is 3.22. The van der Waals surface area contributed by atoms with Crippen LogP contribution in [0.25, 0.3) is 11.6 Å². The number of hydrogen-bond donors (Lipinski definition) is 0. The molecule has 0 fully saturated rings. The molecule has 1 aliphatic heterocycles. The van der Waals surface area contributed by atoms with Gasteiger partial charge in [-0.15, -0.1) is 0 Å². The molecule has 142 valence electrons. The van der Waals surface area contributed by atoms with Gasteiger partial charge in [0.05, 0.1) is 0 Å². The summed E-state index contributed by atoms with van der Waals surface area (Å²) in [6.07, 6.45) is 4.06. The van der Waals surface area contributed by atoms with E-state index in [2.05, 4.69) is 0 Å². The summed E-state index contributed by atoms with van der Waals surface area (Å²) in [6.45, 7) is 3.99. The highest BCUT2D eigenvalue weighted by molar-refractivity contribution is 5.85. The molecule has 4 rings (SSSR count). The van der Waals surface area contributed by atoms with E-state index in [-0.39, 0.29) is 11.6 Å². The van der Waals surface area contributed by atoms with E-state index in [1.165, 1.54) is 12.1 Å². The summed E-state index contributed by atoms with van der Waals surface area (Å²) in [5.41, 5.74) is 2.99. The minimum Gasteiger partial charge on any atom is -0.456 e. The van der Waals surface area contributed by atoms with Gasteiger partial charge in [0.15, 0.2) is 0 Å². The van der Waals surface area contributed by atoms with Crippen LogP contribution in [0, 0.1) is 11.6 Å². The Morgan fingerprint density at radius 1 is 0.893 bits per heavy atom. The molecule has 0 N–H and O–H groups in total. The third-order valence-electron chi connectivity index (χ3n) is 5.01. The van der Waals surface area contributed by atoms with Crippen molar-refractivity contribution in [1.82, 2.24) is 0 Å². The Balaban J connectivity index is 2.08. The zero-order valence-corrected chi connectivity index (χ0v) is 16.1. The molecule has 0 amide bonds. The topological polar surface area (TPSA) is 9.23 Å². The molecule has 1 heterocycles. The minimum absolute atomic E-state index is 0.252. The first-order chi connectivity index (χ1) is 13.6. The SMILES string of the molecule is CC/C=c1/cc2c(cc1F)=C(c1ccccc1)c1cc(F)c(CCC)cc1O2. The summed E-state index contributed by atoms with van der Waals surface area (Å²) < 4.78 is 35.6. The molecule has 3 heteroatoms. The molecule has 1 aliphatic rings. The van der Waals surface area contributed by atoms with E-state index in [0.717, 1.165) is 24.0 Å². The lowest BCUT2D eigenvalue weighted by molar-refractivity contribution is 0.465. The van der Waals surface area contributed by atoms with Crippen LogP contribution in [0.4, 0.5) is 8.78 Å². The Bertz CT molecular complexity index is 1150. The zero-order valence-electron chi connectivity index (χ0n) is 16.1. The number of ether oxygens (including phenoxy) is 1. The van der Waals surface area contributed by atoms with E-state index in [1.54, 1.807) is 12.1 Å². The summed E-state index contributed by atoms with van der Waals surface area (Å²) in [4.78, 5) is 0. The number of fused-ring (bicyclic) bond motifs is 2. The fourth-order valence-electron chi connectivity index (χ4n) is 3.74. The Labute approximate surface area is 163 Å². The van der Waals surface area contributed by atoms with E-state index in [1.807, 2.05) is 50.3 Å². The Hall–Kier alpha value is -2.94. The van der Waals surface area contributed by atoms with Crippen molar-refractivity contribution in [3.63, 3.8) is 0 Å². The van der Waals surface area contributed by atoms with Crippen LogP contribution >= 0.6 is 0 Å². The van der Waals surface area contributed by atoms with Crippen LogP contribution in [0.1, 0.15) is 43.4 Å². The Kier molecular flexibility index (Phi) is 4.99. The van der Waals surface area contributed by atoms with E-state index >= 15 is 0 Å². The van der Waals surface area contributed by atoms with Crippen LogP contribution in [-0.4, -0.2) is 0 Å². The Morgan fingerprint density at radius 2 is 1.68 bits per heavy atom. The van der Waals surface area contributed by atoms with Gasteiger partial charge in [0.25, 0.3) is 0 Å². The molecule has 0 saturated carbocycles. The van der Waals surface area contributed by atoms with Gasteiger partial charge in [-0.05, 0) is 48.2 Å². The van der Waals surface area contributed by atoms with Crippen molar-refractivity contribution < 1.29 is 13.5 Å². The van der Waals surface area contributed by atoms with E-state index in [9.17, 15) is 8.78 Å². The van der Waals surface area contributed by atoms with Gasteiger partial charge in [-0.3, -0.25) is 0 Å². The second-order valence-corrected chi connectivity index (χ2v) is 7.02. The van der Waals surface area contributed by atoms with Gasteiger partial charge in [-0.2, -0.15) is 0 Å². The fraction of sp³-hybridized carbons (Fsp3) is 0.200. The van der Waals surface area contributed by atoms with Crippen LogP contribution in [0.2, 0.25) is 0 Å². The van der Waals surface area contributed by atoms with Crippen molar-refractivity contribution in [2.24, 2.45) is 0 Å². The molecule has 3 aromatic rings. The highest BCUT2D eigenvalue weighted by Crippen LogP contribution is 2.37. The maximum Gasteiger partial charge on any atom is 0.136 e. The molecule has 0 bridgehead atoms. The number of halogens is 2. The molecule has 0 aromatic heterocycles. The van der Waals surface area contributed by atoms with Gasteiger partial charge >= 0.3 is 0 Å². The largest absolute Gasteiger partial charge is 0.456 e. The lowest BCUT2D eigenvalue weighted by atomic mass is 9.91. The zero-order chi connectivity index (χ0) is 19.7. The normalized spacial score (nSPS) is 13.1. The standard InChI is InChI=1S/C25H22F2O/c1-3-8-17-12-23-19(14-21(17)26)25(16-10-6-5-7-11-16)20-15-22(27)18(9-4-2)13-24(20)28-23/h5-8,10-15H,3-4,9H2,1-2H3/b17-8-. The molecular weight excluding hydrogens is 354 g/mol. The first-order valence-electron chi connectivity index (χ1n) is 9.72. The summed E-state index contributed by atoms with van der Waals surface area (Å²) in [7, 11) is 0. The van der Waals surface area contributed by atoms with Crippen molar-refractivity contribution in [3.8, 4) is 11.5 Å². The molecule has 0 unspecified atom stereocenters. The molecule has 0 spiro atoms. The molecule has 0 saturated heterocycles. The van der Waals surface area contributed by atoms with Gasteiger partial charge in [-0.1, -0.05) is 56.7 Å². The average molecular weight is 376 g/mol. The number of rotatable bonds is 4. The van der Waals surface area contributed by atoms with Crippen LogP contribution in [-0.2, 0) is 6.42 Å². The summed E-state index contributed by atoms with van der Waals surface area (Å²) >= 11 is 0. The van der Waals surface area contributed by atoms with Gasteiger partial charge in [0.2, 0.25) is 0 Å². The predicted octanol–water partition coefficient (Wildman–Crippen LogP) is 5.46. The first kappa shape index (κ1) is 18.4. The molecule has 28 heavy (non-hydrogen) atoms. The van der Waals surface area contributed by atoms with Crippen molar-refractivity contribution in [2.75, 3.05) is 0 Å². The second-order valence-electron chi connectivity index (χ2n) is 7.02. The molecule has 0 radical (unpaired) electrons. The van der Waals surface area contributed by atoms with Gasteiger partial charge in [0.1, 0.15) is 23.1 Å². The maximum atomic E-state index is 14.7. The van der Waals surface area contributed by atoms with Crippen molar-refractivity contribution in [2.45, 2.75) is 33.1 Å². The number of aryl methyl sites for hydroxylation is 1. The van der Waals surface area contributed by atoms with E-state index < -0.39 is 0 Å². The highest BCUT2D eigenvalue weighted by Gasteiger charge is 2.23. The summed E-state index contributed by atoms with van der Waals surface area (Å²) in [5, 5.41) is 1.17. The molecule has 0 atom stereocenters. The molecule has 0 aliphatic carbocycles. The monoisotopic (exact) mass is 376 g/mol. The van der Waals surface area contributed by atoms with Crippen molar-refractivity contribution in [1.29, 1.82) is 0 Å². The first-order valence-corrected chi connectivity index (χ1v) is 9.72. The maximum absolute atomic E-state index is 14.7. The van der Waals surface area contributed by atoms with Crippen molar-refractivity contribution in [3.05, 3.63) is 93.4 Å². The number of hydrogen-bond acceptors (Lipinski definition) is 1. The van der Waals surface area contributed by atoms with Crippen molar-refractivity contribution >= 4 is 11.6 Å². The molecular formula is C25H22F2O. The lowest BCUT2D eigenvalue weighted by Gasteiger charge is -2.22. The predicted molar refractivity (Wildman–Crippen MR) is 109 cm³/mol. The van der Waals surface area contributed by atoms with Gasteiger partial charge in [0, 0.05) is 21.6 Å². The van der Waals surface area contributed by atoms with Crippen LogP contribution in [0.5, 0.6) is 11.5 Å². The summed E-state index contributed by atoms with van der Waals surface area (Å²) in [5.74, 6) is 0.661. The third-order valence-corrected chi connectivity index (χ3v) is 5.01. The van der Waals surface area contributed by atoms with Gasteiger partial charge < -0.3 is 4.74 Å². The second kappa shape index (κ2) is 7.59. The number of benzene rings is 3. The van der Waals surface area contributed by atoms with Gasteiger partial charge in [-0.25, -0.2) is 8.78 Å². The minimum atomic E-state index is -0.302. The molecule has 1 nitrogen and oxygen atoms in total. The van der Waals surface area contributed by atoms with Crippen LogP contribution in [0.3, 0.4) is 0 Å². The fourth-order valence-corrected chi connectivity index (χ4v) is 3.74. The van der Waals surface area contributed by atoms with Crippen LogP contribution in [0.15, 0.2) is 54.6 Å². The smallest absolute Gasteiger partial charge is 0.136 e. The van der Waals surface area contributed by atoms with Crippen LogP contribution < -0.4 is 15.2 Å². The molecule has 3 aromatic carbocycles. The quantitative estimate of drug-likeness (QED) is 0.459. The van der Waals surface area contributed by atoms with E-state index in [0.29, 0.717) is 39.5 Å². The van der Waals surface area contributed by atoms with E-state index in [4.69, 9.17) is 4.74 Å².